The third-order valence-corrected chi connectivity index (χ3v) is 4.98. The molecule has 2 heterocycles. The minimum Gasteiger partial charge on any atom is -0.494 e. The standard InChI is InChI=1S/C22H26F3N3O3/c1-2-3-4-14-30-17-9-7-16(8-10-17)20(29)28-13-5-6-18(15-28)31-21-26-12-11-19(27-21)22(23,24)25/h7-12,18H,2-6,13-15H2,1H3. The summed E-state index contributed by atoms with van der Waals surface area (Å²) in [4.78, 5) is 21.7. The molecule has 6 nitrogen and oxygen atoms in total. The first kappa shape index (κ1) is 22.8. The minimum absolute atomic E-state index is 0.157. The van der Waals surface area contributed by atoms with E-state index in [0.717, 1.165) is 31.5 Å². The van der Waals surface area contributed by atoms with E-state index in [0.29, 0.717) is 37.3 Å². The Morgan fingerprint density at radius 3 is 2.68 bits per heavy atom. The van der Waals surface area contributed by atoms with Gasteiger partial charge in [0.15, 0.2) is 5.69 Å². The first-order valence-corrected chi connectivity index (χ1v) is 10.5. The summed E-state index contributed by atoms with van der Waals surface area (Å²) in [7, 11) is 0. The number of benzene rings is 1. The molecular weight excluding hydrogens is 411 g/mol. The van der Waals surface area contributed by atoms with Gasteiger partial charge in [0.2, 0.25) is 0 Å². The van der Waals surface area contributed by atoms with Crippen molar-refractivity contribution < 1.29 is 27.4 Å². The molecule has 2 aromatic rings. The number of nitrogens with zero attached hydrogens (tertiary/aromatic N) is 3. The molecule has 1 amide bonds. The number of carbonyl (C=O) groups is 1. The van der Waals surface area contributed by atoms with Gasteiger partial charge in [0.05, 0.1) is 13.2 Å². The molecule has 0 spiro atoms. The van der Waals surface area contributed by atoms with Gasteiger partial charge in [-0.3, -0.25) is 4.79 Å². The highest BCUT2D eigenvalue weighted by Gasteiger charge is 2.33. The van der Waals surface area contributed by atoms with Gasteiger partial charge in [-0.05, 0) is 49.6 Å². The lowest BCUT2D eigenvalue weighted by Crippen LogP contribution is -2.44. The smallest absolute Gasteiger partial charge is 0.433 e. The number of likely N-dealkylation sites (tertiary alicyclic amines) is 1. The minimum atomic E-state index is -4.57. The van der Waals surface area contributed by atoms with E-state index >= 15 is 0 Å². The van der Waals surface area contributed by atoms with Crippen LogP contribution < -0.4 is 9.47 Å². The van der Waals surface area contributed by atoms with Crippen LogP contribution in [0.2, 0.25) is 0 Å². The fraction of sp³-hybridized carbons (Fsp3) is 0.500. The van der Waals surface area contributed by atoms with Crippen molar-refractivity contribution in [1.29, 1.82) is 0 Å². The molecule has 0 N–H and O–H groups in total. The molecule has 1 aromatic heterocycles. The number of aromatic nitrogens is 2. The van der Waals surface area contributed by atoms with Gasteiger partial charge < -0.3 is 14.4 Å². The lowest BCUT2D eigenvalue weighted by molar-refractivity contribution is -0.141. The van der Waals surface area contributed by atoms with Gasteiger partial charge in [-0.15, -0.1) is 0 Å². The molecule has 1 aromatic carbocycles. The van der Waals surface area contributed by atoms with Crippen LogP contribution in [0.15, 0.2) is 36.5 Å². The third kappa shape index (κ3) is 6.57. The maximum atomic E-state index is 12.8. The zero-order valence-corrected chi connectivity index (χ0v) is 17.4. The highest BCUT2D eigenvalue weighted by molar-refractivity contribution is 5.94. The Kier molecular flexibility index (Phi) is 7.70. The van der Waals surface area contributed by atoms with Crippen molar-refractivity contribution >= 4 is 5.91 Å². The van der Waals surface area contributed by atoms with Crippen LogP contribution in [0.3, 0.4) is 0 Å². The Balaban J connectivity index is 1.57. The molecule has 1 unspecified atom stereocenters. The third-order valence-electron chi connectivity index (χ3n) is 4.98. The van der Waals surface area contributed by atoms with Crippen LogP contribution in [-0.4, -0.2) is 46.6 Å². The Labute approximate surface area is 179 Å². The Morgan fingerprint density at radius 2 is 1.97 bits per heavy atom. The molecule has 1 fully saturated rings. The second-order valence-electron chi connectivity index (χ2n) is 7.44. The number of piperidine rings is 1. The van der Waals surface area contributed by atoms with E-state index in [1.54, 1.807) is 29.2 Å². The summed E-state index contributed by atoms with van der Waals surface area (Å²) in [5, 5.41) is 0. The van der Waals surface area contributed by atoms with E-state index in [4.69, 9.17) is 9.47 Å². The number of ether oxygens (including phenoxy) is 2. The summed E-state index contributed by atoms with van der Waals surface area (Å²) in [5.74, 6) is 0.560. The van der Waals surface area contributed by atoms with Crippen molar-refractivity contribution in [3.05, 3.63) is 47.8 Å². The van der Waals surface area contributed by atoms with Crippen LogP contribution in [0, 0.1) is 0 Å². The SMILES string of the molecule is CCCCCOc1ccc(C(=O)N2CCCC(Oc3nccc(C(F)(F)F)n3)C2)cc1. The lowest BCUT2D eigenvalue weighted by atomic mass is 10.1. The monoisotopic (exact) mass is 437 g/mol. The zero-order chi connectivity index (χ0) is 22.3. The second kappa shape index (κ2) is 10.5. The maximum absolute atomic E-state index is 12.8. The molecular formula is C22H26F3N3O3. The number of alkyl halides is 3. The number of amides is 1. The Hall–Kier alpha value is -2.84. The predicted molar refractivity (Wildman–Crippen MR) is 108 cm³/mol. The summed E-state index contributed by atoms with van der Waals surface area (Å²) in [6.07, 6.45) is 0.480. The summed E-state index contributed by atoms with van der Waals surface area (Å²) >= 11 is 0. The molecule has 1 aliphatic heterocycles. The topological polar surface area (TPSA) is 64.5 Å². The molecule has 0 aliphatic carbocycles. The summed E-state index contributed by atoms with van der Waals surface area (Å²) in [6.45, 7) is 3.58. The van der Waals surface area contributed by atoms with Crippen molar-refractivity contribution in [2.75, 3.05) is 19.7 Å². The first-order chi connectivity index (χ1) is 14.9. The van der Waals surface area contributed by atoms with Gasteiger partial charge in [-0.1, -0.05) is 19.8 Å². The number of rotatable bonds is 8. The molecule has 3 rings (SSSR count). The average molecular weight is 437 g/mol. The van der Waals surface area contributed by atoms with Gasteiger partial charge in [0.1, 0.15) is 11.9 Å². The normalized spacial score (nSPS) is 16.8. The second-order valence-corrected chi connectivity index (χ2v) is 7.44. The van der Waals surface area contributed by atoms with Crippen molar-refractivity contribution in [2.45, 2.75) is 51.3 Å². The average Bonchev–Trinajstić information content (AvgIpc) is 2.76. The van der Waals surface area contributed by atoms with E-state index in [2.05, 4.69) is 16.9 Å². The number of carbonyl (C=O) groups excluding carboxylic acids is 1. The van der Waals surface area contributed by atoms with E-state index in [1.807, 2.05) is 0 Å². The highest BCUT2D eigenvalue weighted by atomic mass is 19.4. The van der Waals surface area contributed by atoms with Crippen LogP contribution in [-0.2, 0) is 6.18 Å². The molecule has 1 saturated heterocycles. The molecule has 0 bridgehead atoms. The van der Waals surface area contributed by atoms with E-state index in [1.165, 1.54) is 0 Å². The number of hydrogen-bond acceptors (Lipinski definition) is 5. The quantitative estimate of drug-likeness (QED) is 0.558. The molecule has 1 aliphatic rings. The summed E-state index contributed by atoms with van der Waals surface area (Å²) in [6, 6.07) is 7.44. The fourth-order valence-corrected chi connectivity index (χ4v) is 3.34. The largest absolute Gasteiger partial charge is 0.494 e. The van der Waals surface area contributed by atoms with Gasteiger partial charge in [-0.2, -0.15) is 18.2 Å². The van der Waals surface area contributed by atoms with Crippen LogP contribution in [0.4, 0.5) is 13.2 Å². The van der Waals surface area contributed by atoms with Crippen LogP contribution in [0.25, 0.3) is 0 Å². The van der Waals surface area contributed by atoms with Gasteiger partial charge in [0, 0.05) is 18.3 Å². The zero-order valence-electron chi connectivity index (χ0n) is 17.4. The van der Waals surface area contributed by atoms with Crippen molar-refractivity contribution in [1.82, 2.24) is 14.9 Å². The lowest BCUT2D eigenvalue weighted by Gasteiger charge is -2.32. The number of unbranched alkanes of at least 4 members (excludes halogenated alkanes) is 2. The van der Waals surface area contributed by atoms with Crippen molar-refractivity contribution in [3.63, 3.8) is 0 Å². The molecule has 31 heavy (non-hydrogen) atoms. The highest BCUT2D eigenvalue weighted by Crippen LogP contribution is 2.28. The van der Waals surface area contributed by atoms with E-state index in [9.17, 15) is 18.0 Å². The predicted octanol–water partition coefficient (Wildman–Crippen LogP) is 4.75. The van der Waals surface area contributed by atoms with Crippen LogP contribution in [0.5, 0.6) is 11.8 Å². The van der Waals surface area contributed by atoms with Crippen molar-refractivity contribution in [2.24, 2.45) is 0 Å². The Bertz CT molecular complexity index is 859. The fourth-order valence-electron chi connectivity index (χ4n) is 3.34. The molecule has 168 valence electrons. The summed E-state index contributed by atoms with van der Waals surface area (Å²) < 4.78 is 49.7. The number of hydrogen-bond donors (Lipinski definition) is 0. The van der Waals surface area contributed by atoms with Gasteiger partial charge in [-0.25, -0.2) is 4.98 Å². The maximum Gasteiger partial charge on any atom is 0.433 e. The van der Waals surface area contributed by atoms with E-state index in [-0.39, 0.29) is 18.5 Å². The summed E-state index contributed by atoms with van der Waals surface area (Å²) in [5.41, 5.74) is -0.532. The molecule has 9 heteroatoms. The molecule has 1 atom stereocenters. The molecule has 0 saturated carbocycles. The molecule has 0 radical (unpaired) electrons. The van der Waals surface area contributed by atoms with E-state index < -0.39 is 18.0 Å². The van der Waals surface area contributed by atoms with Gasteiger partial charge >= 0.3 is 12.2 Å². The van der Waals surface area contributed by atoms with Crippen molar-refractivity contribution in [3.8, 4) is 11.8 Å². The van der Waals surface area contributed by atoms with Gasteiger partial charge in [0.25, 0.3) is 5.91 Å². The first-order valence-electron chi connectivity index (χ1n) is 10.5. The Morgan fingerprint density at radius 1 is 1.19 bits per heavy atom. The number of halogens is 3. The van der Waals surface area contributed by atoms with Crippen LogP contribution in [0.1, 0.15) is 55.1 Å². The van der Waals surface area contributed by atoms with Crippen LogP contribution >= 0.6 is 0 Å².